The summed E-state index contributed by atoms with van der Waals surface area (Å²) in [5, 5.41) is 16.2. The summed E-state index contributed by atoms with van der Waals surface area (Å²) in [6.45, 7) is 5.49. The van der Waals surface area contributed by atoms with E-state index in [0.29, 0.717) is 18.1 Å². The zero-order valence-corrected chi connectivity index (χ0v) is 10.6. The minimum absolute atomic E-state index is 0.206. The molecule has 3 atom stereocenters. The smallest absolute Gasteiger partial charge is 0.315 e. The van der Waals surface area contributed by atoms with E-state index in [1.54, 1.807) is 6.92 Å². The summed E-state index contributed by atoms with van der Waals surface area (Å²) in [5.74, 6) is -1.08. The van der Waals surface area contributed by atoms with Gasteiger partial charge in [0, 0.05) is 6.04 Å². The summed E-state index contributed by atoms with van der Waals surface area (Å²) in [7, 11) is 0. The number of hydrogen-bond donors (Lipinski definition) is 3. The predicted molar refractivity (Wildman–Crippen MR) is 63.7 cm³/mol. The second-order valence-corrected chi connectivity index (χ2v) is 4.40. The monoisotopic (exact) mass is 246 g/mol. The van der Waals surface area contributed by atoms with Crippen molar-refractivity contribution in [2.24, 2.45) is 5.92 Å². The fourth-order valence-corrected chi connectivity index (χ4v) is 2.31. The lowest BCUT2D eigenvalue weighted by Gasteiger charge is -2.42. The van der Waals surface area contributed by atoms with Crippen LogP contribution in [0.15, 0.2) is 0 Å². The third-order valence-electron chi connectivity index (χ3n) is 2.67. The summed E-state index contributed by atoms with van der Waals surface area (Å²) in [4.78, 5) is 11.8. The Bertz CT molecular complexity index is 294. The zero-order valence-electron chi connectivity index (χ0n) is 9.74. The van der Waals surface area contributed by atoms with Crippen LogP contribution in [0.5, 0.6) is 0 Å². The lowest BCUT2D eigenvalue weighted by atomic mass is 9.86. The maximum absolute atomic E-state index is 11.8. The van der Waals surface area contributed by atoms with Crippen molar-refractivity contribution in [3.63, 3.8) is 0 Å². The molecular formula is C10H18N2O3S. The van der Waals surface area contributed by atoms with Crippen molar-refractivity contribution in [1.82, 2.24) is 10.6 Å². The van der Waals surface area contributed by atoms with E-state index in [1.165, 1.54) is 6.92 Å². The standard InChI is InChI=1S/C10H18N2O3S/c1-4-6-7(8(13)15-5-2)10(3,14)12-9(16)11-6/h6-7,14H,4-5H2,1-3H3,(H2,11,12,16)/t6-,7+,10-/m0/s1. The number of thiocarbonyl (C=S) groups is 1. The van der Waals surface area contributed by atoms with Gasteiger partial charge in [-0.25, -0.2) is 0 Å². The van der Waals surface area contributed by atoms with Crippen LogP contribution in [-0.4, -0.2) is 34.6 Å². The van der Waals surface area contributed by atoms with Gasteiger partial charge in [0.05, 0.1) is 6.61 Å². The van der Waals surface area contributed by atoms with E-state index < -0.39 is 17.6 Å². The summed E-state index contributed by atoms with van der Waals surface area (Å²) in [6, 6.07) is -0.206. The molecule has 0 radical (unpaired) electrons. The van der Waals surface area contributed by atoms with Crippen molar-refractivity contribution in [2.45, 2.75) is 39.0 Å². The van der Waals surface area contributed by atoms with Gasteiger partial charge in [0.25, 0.3) is 0 Å². The molecular weight excluding hydrogens is 228 g/mol. The van der Waals surface area contributed by atoms with Crippen molar-refractivity contribution in [3.05, 3.63) is 0 Å². The highest BCUT2D eigenvalue weighted by atomic mass is 32.1. The van der Waals surface area contributed by atoms with E-state index in [-0.39, 0.29) is 6.04 Å². The van der Waals surface area contributed by atoms with Crippen molar-refractivity contribution in [1.29, 1.82) is 0 Å². The molecule has 0 aromatic rings. The van der Waals surface area contributed by atoms with Gasteiger partial charge in [0.15, 0.2) is 5.11 Å². The molecule has 1 fully saturated rings. The van der Waals surface area contributed by atoms with Gasteiger partial charge in [0.2, 0.25) is 0 Å². The number of rotatable bonds is 3. The van der Waals surface area contributed by atoms with Crippen LogP contribution in [0.2, 0.25) is 0 Å². The minimum atomic E-state index is -1.37. The highest BCUT2D eigenvalue weighted by Crippen LogP contribution is 2.25. The molecule has 0 bridgehead atoms. The second-order valence-electron chi connectivity index (χ2n) is 3.99. The van der Waals surface area contributed by atoms with Gasteiger partial charge in [-0.05, 0) is 32.5 Å². The Balaban J connectivity index is 2.90. The van der Waals surface area contributed by atoms with Crippen LogP contribution < -0.4 is 10.6 Å². The second kappa shape index (κ2) is 4.97. The first-order valence-corrected chi connectivity index (χ1v) is 5.80. The molecule has 1 saturated heterocycles. The van der Waals surface area contributed by atoms with Crippen LogP contribution in [0.3, 0.4) is 0 Å². The Hall–Kier alpha value is -0.880. The number of carbonyl (C=O) groups is 1. The van der Waals surface area contributed by atoms with Crippen LogP contribution in [0.4, 0.5) is 0 Å². The fraction of sp³-hybridized carbons (Fsp3) is 0.800. The topological polar surface area (TPSA) is 70.6 Å². The third-order valence-corrected chi connectivity index (χ3v) is 2.89. The predicted octanol–water partition coefficient (Wildman–Crippen LogP) is 0.131. The maximum atomic E-state index is 11.8. The Morgan fingerprint density at radius 1 is 1.62 bits per heavy atom. The van der Waals surface area contributed by atoms with Gasteiger partial charge in [-0.3, -0.25) is 4.79 Å². The van der Waals surface area contributed by atoms with E-state index in [4.69, 9.17) is 17.0 Å². The largest absolute Gasteiger partial charge is 0.466 e. The molecule has 16 heavy (non-hydrogen) atoms. The molecule has 1 aliphatic heterocycles. The Morgan fingerprint density at radius 2 is 2.25 bits per heavy atom. The lowest BCUT2D eigenvalue weighted by molar-refractivity contribution is -0.162. The van der Waals surface area contributed by atoms with Crippen LogP contribution in [0, 0.1) is 5.92 Å². The normalized spacial score (nSPS) is 33.9. The molecule has 5 nitrogen and oxygen atoms in total. The molecule has 0 aromatic carbocycles. The summed E-state index contributed by atoms with van der Waals surface area (Å²) in [5.41, 5.74) is -1.37. The van der Waals surface area contributed by atoms with Crippen molar-refractivity contribution in [2.75, 3.05) is 6.61 Å². The molecule has 1 rings (SSSR count). The van der Waals surface area contributed by atoms with Gasteiger partial charge in [-0.1, -0.05) is 6.92 Å². The number of nitrogens with one attached hydrogen (secondary N) is 2. The maximum Gasteiger partial charge on any atom is 0.315 e. The quantitative estimate of drug-likeness (QED) is 0.486. The average molecular weight is 246 g/mol. The molecule has 0 saturated carbocycles. The van der Waals surface area contributed by atoms with Crippen molar-refractivity contribution in [3.8, 4) is 0 Å². The first-order valence-electron chi connectivity index (χ1n) is 5.40. The Kier molecular flexibility index (Phi) is 4.09. The lowest BCUT2D eigenvalue weighted by Crippen LogP contribution is -2.68. The number of carbonyl (C=O) groups excluding carboxylic acids is 1. The number of aliphatic hydroxyl groups is 1. The average Bonchev–Trinajstić information content (AvgIpc) is 2.14. The molecule has 3 N–H and O–H groups in total. The van der Waals surface area contributed by atoms with E-state index in [9.17, 15) is 9.90 Å². The van der Waals surface area contributed by atoms with E-state index in [0.717, 1.165) is 0 Å². The molecule has 1 aliphatic rings. The molecule has 0 amide bonds. The minimum Gasteiger partial charge on any atom is -0.466 e. The summed E-state index contributed by atoms with van der Waals surface area (Å²) in [6.07, 6.45) is 0.682. The molecule has 0 aliphatic carbocycles. The SMILES string of the molecule is CCOC(=O)[C@H]1[C@H](CC)NC(=S)N[C@@]1(C)O. The van der Waals surface area contributed by atoms with Crippen LogP contribution in [0.25, 0.3) is 0 Å². The molecule has 6 heteroatoms. The molecule has 0 unspecified atom stereocenters. The highest BCUT2D eigenvalue weighted by molar-refractivity contribution is 7.80. The molecule has 1 heterocycles. The highest BCUT2D eigenvalue weighted by Gasteiger charge is 2.47. The van der Waals surface area contributed by atoms with Gasteiger partial charge in [-0.15, -0.1) is 0 Å². The van der Waals surface area contributed by atoms with Crippen molar-refractivity contribution < 1.29 is 14.6 Å². The first kappa shape index (κ1) is 13.2. The van der Waals surface area contributed by atoms with Gasteiger partial charge in [0.1, 0.15) is 11.6 Å². The third kappa shape index (κ3) is 2.62. The van der Waals surface area contributed by atoms with Gasteiger partial charge in [-0.2, -0.15) is 0 Å². The summed E-state index contributed by atoms with van der Waals surface area (Å²) >= 11 is 4.97. The van der Waals surface area contributed by atoms with Gasteiger partial charge < -0.3 is 20.5 Å². The van der Waals surface area contributed by atoms with Crippen LogP contribution in [0.1, 0.15) is 27.2 Å². The Morgan fingerprint density at radius 3 is 2.75 bits per heavy atom. The van der Waals surface area contributed by atoms with E-state index >= 15 is 0 Å². The number of ether oxygens (including phenoxy) is 1. The van der Waals surface area contributed by atoms with E-state index in [1.807, 2.05) is 6.92 Å². The fourth-order valence-electron chi connectivity index (χ4n) is 1.95. The Labute approximate surface area is 101 Å². The first-order chi connectivity index (χ1) is 7.42. The summed E-state index contributed by atoms with van der Waals surface area (Å²) < 4.78 is 4.96. The van der Waals surface area contributed by atoms with E-state index in [2.05, 4.69) is 10.6 Å². The zero-order chi connectivity index (χ0) is 12.3. The van der Waals surface area contributed by atoms with Crippen LogP contribution in [-0.2, 0) is 9.53 Å². The molecule has 0 spiro atoms. The number of esters is 1. The molecule has 92 valence electrons. The molecule has 0 aromatic heterocycles. The van der Waals surface area contributed by atoms with Gasteiger partial charge >= 0.3 is 5.97 Å². The van der Waals surface area contributed by atoms with Crippen molar-refractivity contribution >= 4 is 23.3 Å². The van der Waals surface area contributed by atoms with Crippen LogP contribution >= 0.6 is 12.2 Å². The number of hydrogen-bond acceptors (Lipinski definition) is 4.